The molecule has 0 aliphatic carbocycles. The van der Waals surface area contributed by atoms with Crippen LogP contribution >= 0.6 is 0 Å². The summed E-state index contributed by atoms with van der Waals surface area (Å²) in [6.45, 7) is 12.5. The molecule has 0 radical (unpaired) electrons. The molecule has 0 unspecified atom stereocenters. The van der Waals surface area contributed by atoms with Crippen LogP contribution in [0.3, 0.4) is 0 Å². The maximum atomic E-state index is 14.0. The van der Waals surface area contributed by atoms with Crippen LogP contribution in [0.4, 0.5) is 74.0 Å². The van der Waals surface area contributed by atoms with Crippen LogP contribution in [0, 0.1) is 42.4 Å². The Bertz CT molecular complexity index is 6120. The molecule has 624 valence electrons. The number of pyridine rings is 9. The zero-order valence-electron chi connectivity index (χ0n) is 66.8. The van der Waals surface area contributed by atoms with E-state index in [-0.39, 0.29) is 76.1 Å². The lowest BCUT2D eigenvalue weighted by atomic mass is 10.0. The minimum Gasteiger partial charge on any atom is -0.383 e. The Labute approximate surface area is 696 Å². The molecular weight excluding hydrogens is 1580 g/mol. The van der Waals surface area contributed by atoms with Crippen molar-refractivity contribution in [1.82, 2.24) is 74.3 Å². The molecular formula is C89H82F9N21O3. The Kier molecular flexibility index (Phi) is 26.7. The van der Waals surface area contributed by atoms with Crippen LogP contribution in [-0.2, 0) is 38.2 Å². The number of amides is 3. The molecule has 3 aliphatic rings. The molecule has 12 heterocycles. The second-order valence-electron chi connectivity index (χ2n) is 29.6. The Morgan fingerprint density at radius 2 is 0.803 bits per heavy atom. The fourth-order valence-electron chi connectivity index (χ4n) is 13.8. The van der Waals surface area contributed by atoms with E-state index in [1.807, 2.05) is 41.9 Å². The zero-order chi connectivity index (χ0) is 86.6. The van der Waals surface area contributed by atoms with E-state index >= 15 is 0 Å². The van der Waals surface area contributed by atoms with Gasteiger partial charge in [-0.25, -0.2) is 15.0 Å². The number of fused-ring (bicyclic) bond motifs is 3. The number of anilines is 6. The van der Waals surface area contributed by atoms with E-state index < -0.39 is 52.9 Å². The van der Waals surface area contributed by atoms with Crippen LogP contribution in [0.1, 0.15) is 110 Å². The maximum absolute atomic E-state index is 14.0. The van der Waals surface area contributed by atoms with Crippen molar-refractivity contribution < 1.29 is 53.9 Å². The van der Waals surface area contributed by atoms with Crippen LogP contribution in [0.5, 0.6) is 0 Å². The fraction of sp³-hybridized carbons (Fsp3) is 0.258. The Morgan fingerprint density at radius 3 is 1.25 bits per heavy atom. The van der Waals surface area contributed by atoms with Crippen LogP contribution in [0.2, 0.25) is 0 Å². The first-order valence-electron chi connectivity index (χ1n) is 38.5. The predicted molar refractivity (Wildman–Crippen MR) is 448 cm³/mol. The van der Waals surface area contributed by atoms with Crippen molar-refractivity contribution in [3.8, 4) is 35.5 Å². The van der Waals surface area contributed by atoms with Crippen molar-refractivity contribution in [2.45, 2.75) is 58.1 Å². The van der Waals surface area contributed by atoms with Gasteiger partial charge in [-0.1, -0.05) is 53.7 Å². The summed E-state index contributed by atoms with van der Waals surface area (Å²) in [5.41, 5.74) is 21.0. The van der Waals surface area contributed by atoms with Gasteiger partial charge in [-0.3, -0.25) is 59.0 Å². The van der Waals surface area contributed by atoms with E-state index in [4.69, 9.17) is 17.2 Å². The van der Waals surface area contributed by atoms with Crippen molar-refractivity contribution in [3.05, 3.63) is 267 Å². The highest BCUT2D eigenvalue weighted by Gasteiger charge is 2.38. The number of hydrogen-bond donors (Lipinski definition) is 6. The maximum Gasteiger partial charge on any atom is 0.416 e. The number of piperazine rings is 3. The van der Waals surface area contributed by atoms with Gasteiger partial charge in [0.25, 0.3) is 17.7 Å². The van der Waals surface area contributed by atoms with E-state index in [2.05, 4.69) is 118 Å². The van der Waals surface area contributed by atoms with Gasteiger partial charge in [0.2, 0.25) is 0 Å². The minimum atomic E-state index is -4.57. The standard InChI is InChI=1S/2C30H28F3N7O.C29H26F3N7O/c1-19-20(3-4-21-15-37-28(34)26-17-35-8-7-25(21)26)13-23(16-36-19)29(41)38-24-6-5-22(27(14-24)30(31,32)33)18-40-11-9-39(2)10-12-40;1-19-17-40(11-10-39(19)2)18-22-7-8-24(13-26(22)30(31,32)33)38-29(41)23-12-20(14-35-15-23)5-6-21-16-37-28(34)27-25(21)4-3-9-36-27;1-38-8-10-39(11-9-38)18-21-4-5-23(13-26(21)29(30,31)32)37-28(40)22-12-19(14-35-15-22)2-3-20-16-36-27(33)25-17-34-7-6-24(20)25/h5-8,13-17H,9-12,18H2,1-2H3,(H2,34,37)(H,38,41);3-4,7-9,12-16,19H,10-11,17-18H2,1-2H3,(H2,34,37)(H,38,41);4-7,12-17H,8-11,18H2,1H3,(H2,33,36)(H,37,40)/t;19-;/m.0./s1. The highest BCUT2D eigenvalue weighted by Crippen LogP contribution is 2.39. The fourth-order valence-corrected chi connectivity index (χ4v) is 13.8. The average molecular weight is 1660 g/mol. The van der Waals surface area contributed by atoms with E-state index in [1.54, 1.807) is 80.8 Å². The molecule has 3 aromatic carbocycles. The van der Waals surface area contributed by atoms with Crippen LogP contribution < -0.4 is 33.2 Å². The Hall–Kier alpha value is -13.6. The summed E-state index contributed by atoms with van der Waals surface area (Å²) in [7, 11) is 5.99. The smallest absolute Gasteiger partial charge is 0.383 e. The molecule has 9 N–H and O–H groups in total. The molecule has 3 saturated heterocycles. The van der Waals surface area contributed by atoms with Crippen molar-refractivity contribution in [2.24, 2.45) is 0 Å². The van der Waals surface area contributed by atoms with Gasteiger partial charge in [-0.2, -0.15) is 39.5 Å². The number of nitrogens with zero attached hydrogens (tertiary/aromatic N) is 15. The highest BCUT2D eigenvalue weighted by molar-refractivity contribution is 6.06. The molecule has 33 heteroatoms. The van der Waals surface area contributed by atoms with Gasteiger partial charge >= 0.3 is 18.5 Å². The lowest BCUT2D eigenvalue weighted by molar-refractivity contribution is -0.139. The highest BCUT2D eigenvalue weighted by atomic mass is 19.4. The van der Waals surface area contributed by atoms with Gasteiger partial charge in [-0.15, -0.1) is 0 Å². The lowest BCUT2D eigenvalue weighted by Crippen LogP contribution is -2.49. The van der Waals surface area contributed by atoms with Gasteiger partial charge in [0.1, 0.15) is 23.0 Å². The number of aromatic nitrogens is 9. The number of nitrogens with one attached hydrogen (secondary N) is 3. The first kappa shape index (κ1) is 86.3. The number of hydrogen-bond acceptors (Lipinski definition) is 21. The molecule has 9 aromatic heterocycles. The second kappa shape index (κ2) is 37.8. The number of carbonyl (C=O) groups excluding carboxylic acids is 3. The number of alkyl halides is 9. The summed E-state index contributed by atoms with van der Waals surface area (Å²) in [5, 5.41) is 11.4. The summed E-state index contributed by atoms with van der Waals surface area (Å²) in [6.07, 6.45) is 6.09. The monoisotopic (exact) mass is 1660 g/mol. The molecule has 1 atom stereocenters. The third kappa shape index (κ3) is 21.9. The van der Waals surface area contributed by atoms with E-state index in [9.17, 15) is 53.9 Å². The topological polar surface area (TPSA) is 301 Å². The Morgan fingerprint density at radius 1 is 0.402 bits per heavy atom. The van der Waals surface area contributed by atoms with Gasteiger partial charge in [-0.05, 0) is 131 Å². The number of likely N-dealkylation sites (N-methyl/N-ethyl adjacent to an activating group) is 3. The van der Waals surface area contributed by atoms with Gasteiger partial charge in [0.15, 0.2) is 0 Å². The van der Waals surface area contributed by atoms with Gasteiger partial charge in [0, 0.05) is 239 Å². The summed E-state index contributed by atoms with van der Waals surface area (Å²) in [5.74, 6) is 17.2. The van der Waals surface area contributed by atoms with E-state index in [0.29, 0.717) is 112 Å². The summed E-state index contributed by atoms with van der Waals surface area (Å²) in [6, 6.07) is 23.8. The third-order valence-electron chi connectivity index (χ3n) is 20.9. The van der Waals surface area contributed by atoms with Crippen LogP contribution in [0.15, 0.2) is 178 Å². The molecule has 3 amide bonds. The molecule has 0 saturated carbocycles. The van der Waals surface area contributed by atoms with Crippen molar-refractivity contribution in [3.63, 3.8) is 0 Å². The molecule has 24 nitrogen and oxygen atoms in total. The van der Waals surface area contributed by atoms with Crippen LogP contribution in [0.25, 0.3) is 32.4 Å². The number of nitrogen functional groups attached to an aromatic ring is 3. The lowest BCUT2D eigenvalue weighted by Gasteiger charge is -2.38. The average Bonchev–Trinajstić information content (AvgIpc) is 0.816. The number of rotatable bonds is 12. The van der Waals surface area contributed by atoms with E-state index in [0.717, 1.165) is 67.1 Å². The molecule has 122 heavy (non-hydrogen) atoms. The quantitative estimate of drug-likeness (QED) is 0.0489. The number of halogens is 9. The molecule has 0 bridgehead atoms. The van der Waals surface area contributed by atoms with Crippen LogP contribution in [-0.4, -0.2) is 191 Å². The summed E-state index contributed by atoms with van der Waals surface area (Å²) in [4.78, 5) is 88.7. The molecule has 15 rings (SSSR count). The first-order chi connectivity index (χ1) is 58.3. The molecule has 3 fully saturated rings. The molecule has 12 aromatic rings. The SMILES string of the molecule is CN1CCN(Cc2ccc(NC(=O)c3cncc(C#Cc4cnc(N)c5cnccc45)c3)cc2C(F)(F)F)CC1.C[C@H]1CN(Cc2ccc(NC(=O)c3cncc(C#Cc4cnc(N)c5ncccc45)c3)cc2C(F)(F)F)CCN1C.Cc1ncc(C(=O)Nc2ccc(CN3CCN(C)CC3)c(C(F)(F)F)c2)cc1C#Cc1cnc(N)c2cnccc12. The number of aryl methyl sites for hydroxylation is 1. The number of benzene rings is 3. The third-order valence-corrected chi connectivity index (χ3v) is 20.9. The number of nitrogens with two attached hydrogens (primary N) is 3. The number of carbonyl (C=O) groups is 3. The van der Waals surface area contributed by atoms with Gasteiger partial charge < -0.3 is 47.9 Å². The first-order valence-corrected chi connectivity index (χ1v) is 38.5. The van der Waals surface area contributed by atoms with Crippen molar-refractivity contribution >= 4 is 84.7 Å². The molecule has 3 aliphatic heterocycles. The summed E-state index contributed by atoms with van der Waals surface area (Å²) < 4.78 is 126. The second-order valence-corrected chi connectivity index (χ2v) is 29.6. The predicted octanol–water partition coefficient (Wildman–Crippen LogP) is 12.8. The van der Waals surface area contributed by atoms with Crippen molar-refractivity contribution in [1.29, 1.82) is 0 Å². The zero-order valence-corrected chi connectivity index (χ0v) is 66.8. The largest absolute Gasteiger partial charge is 0.416 e. The van der Waals surface area contributed by atoms with E-state index in [1.165, 1.54) is 79.5 Å². The summed E-state index contributed by atoms with van der Waals surface area (Å²) >= 11 is 0. The van der Waals surface area contributed by atoms with Crippen molar-refractivity contribution in [2.75, 3.05) is 126 Å². The van der Waals surface area contributed by atoms with Gasteiger partial charge in [0.05, 0.1) is 55.8 Å². The normalized spacial score (nSPS) is 15.1. The Balaban J connectivity index is 0.000000158. The minimum absolute atomic E-state index is 0.0428. The molecule has 0 spiro atoms.